The van der Waals surface area contributed by atoms with E-state index in [4.69, 9.17) is 11.6 Å². The molecule has 5 nitrogen and oxygen atoms in total. The van der Waals surface area contributed by atoms with Gasteiger partial charge < -0.3 is 5.32 Å². The van der Waals surface area contributed by atoms with E-state index in [9.17, 15) is 9.59 Å². The number of carbonyl (C=O) groups is 1. The lowest BCUT2D eigenvalue weighted by Crippen LogP contribution is -2.30. The number of rotatable bonds is 6. The van der Waals surface area contributed by atoms with Crippen molar-refractivity contribution in [3.05, 3.63) is 72.9 Å². The van der Waals surface area contributed by atoms with Crippen molar-refractivity contribution in [1.82, 2.24) is 9.55 Å². The molecule has 0 bridgehead atoms. The number of aromatic nitrogens is 2. The average Bonchev–Trinajstić information content (AvgIpc) is 3.25. The summed E-state index contributed by atoms with van der Waals surface area (Å²) in [6.07, 6.45) is 3.91. The molecule has 0 unspecified atom stereocenters. The SMILES string of the molecule is Cc1c(Cl)cccc1NC(=O)CSc1nc(=O)n(Cc2cccs2)c2c1CCCC2. The molecule has 0 aliphatic heterocycles. The summed E-state index contributed by atoms with van der Waals surface area (Å²) in [6.45, 7) is 2.43. The van der Waals surface area contributed by atoms with Crippen LogP contribution in [0.1, 0.15) is 34.5 Å². The first-order valence-corrected chi connectivity index (χ1v) is 12.1. The summed E-state index contributed by atoms with van der Waals surface area (Å²) in [5, 5.41) is 6.23. The van der Waals surface area contributed by atoms with Gasteiger partial charge in [0.25, 0.3) is 0 Å². The first kappa shape index (κ1) is 21.2. The molecule has 2 aromatic heterocycles. The maximum absolute atomic E-state index is 12.8. The van der Waals surface area contributed by atoms with Gasteiger partial charge in [0.2, 0.25) is 5.91 Å². The van der Waals surface area contributed by atoms with Crippen LogP contribution in [0.25, 0.3) is 0 Å². The third kappa shape index (κ3) is 4.63. The van der Waals surface area contributed by atoms with Crippen LogP contribution in [0.3, 0.4) is 0 Å². The number of amides is 1. The van der Waals surface area contributed by atoms with E-state index >= 15 is 0 Å². The van der Waals surface area contributed by atoms with E-state index in [2.05, 4.69) is 10.3 Å². The van der Waals surface area contributed by atoms with Gasteiger partial charge in [-0.3, -0.25) is 9.36 Å². The first-order chi connectivity index (χ1) is 14.5. The molecule has 4 rings (SSSR count). The summed E-state index contributed by atoms with van der Waals surface area (Å²) in [4.78, 5) is 30.8. The fraction of sp³-hybridized carbons (Fsp3) is 0.318. The first-order valence-electron chi connectivity index (χ1n) is 9.85. The van der Waals surface area contributed by atoms with E-state index in [1.807, 2.05) is 36.6 Å². The normalized spacial score (nSPS) is 13.1. The van der Waals surface area contributed by atoms with Crippen molar-refractivity contribution in [2.24, 2.45) is 0 Å². The minimum absolute atomic E-state index is 0.139. The number of nitrogens with zero attached hydrogens (tertiary/aromatic N) is 2. The minimum Gasteiger partial charge on any atom is -0.325 e. The Morgan fingerprint density at radius 1 is 1.27 bits per heavy atom. The monoisotopic (exact) mass is 459 g/mol. The zero-order chi connectivity index (χ0) is 21.1. The van der Waals surface area contributed by atoms with Crippen LogP contribution in [0.15, 0.2) is 45.5 Å². The van der Waals surface area contributed by atoms with Crippen LogP contribution in [0.4, 0.5) is 5.69 Å². The quantitative estimate of drug-likeness (QED) is 0.419. The highest BCUT2D eigenvalue weighted by Crippen LogP contribution is 2.29. The van der Waals surface area contributed by atoms with Crippen molar-refractivity contribution < 1.29 is 4.79 Å². The van der Waals surface area contributed by atoms with Crippen LogP contribution >= 0.6 is 34.7 Å². The van der Waals surface area contributed by atoms with Crippen LogP contribution < -0.4 is 11.0 Å². The Morgan fingerprint density at radius 3 is 2.90 bits per heavy atom. The van der Waals surface area contributed by atoms with Crippen LogP contribution in [0, 0.1) is 6.92 Å². The molecule has 0 atom stereocenters. The third-order valence-electron chi connectivity index (χ3n) is 5.23. The maximum Gasteiger partial charge on any atom is 0.349 e. The van der Waals surface area contributed by atoms with E-state index in [1.165, 1.54) is 11.8 Å². The second-order valence-corrected chi connectivity index (χ2v) is 9.65. The number of nitrogens with one attached hydrogen (secondary N) is 1. The Balaban J connectivity index is 1.53. The van der Waals surface area contributed by atoms with Crippen LogP contribution in [-0.2, 0) is 24.2 Å². The Kier molecular flexibility index (Phi) is 6.61. The fourth-order valence-corrected chi connectivity index (χ4v) is 5.40. The molecule has 0 saturated carbocycles. The highest BCUT2D eigenvalue weighted by Gasteiger charge is 2.21. The Hall–Kier alpha value is -2.09. The Bertz CT molecular complexity index is 1130. The summed E-state index contributed by atoms with van der Waals surface area (Å²) in [5.41, 5.74) is 3.49. The lowest BCUT2D eigenvalue weighted by Gasteiger charge is -2.22. The number of fused-ring (bicyclic) bond motifs is 1. The number of halogens is 1. The molecule has 1 aliphatic rings. The Labute approximate surface area is 188 Å². The Morgan fingerprint density at radius 2 is 2.10 bits per heavy atom. The molecule has 0 radical (unpaired) electrons. The molecule has 1 aromatic carbocycles. The average molecular weight is 460 g/mol. The number of anilines is 1. The van der Waals surface area contributed by atoms with Gasteiger partial charge in [0.05, 0.1) is 12.3 Å². The number of hydrogen-bond donors (Lipinski definition) is 1. The van der Waals surface area contributed by atoms with Gasteiger partial charge in [-0.2, -0.15) is 4.98 Å². The van der Waals surface area contributed by atoms with Gasteiger partial charge in [0, 0.05) is 26.8 Å². The summed E-state index contributed by atoms with van der Waals surface area (Å²) >= 11 is 9.11. The van der Waals surface area contributed by atoms with Gasteiger partial charge >= 0.3 is 5.69 Å². The maximum atomic E-state index is 12.8. The van der Waals surface area contributed by atoms with Crippen LogP contribution in [-0.4, -0.2) is 21.2 Å². The van der Waals surface area contributed by atoms with Crippen molar-refractivity contribution in [3.63, 3.8) is 0 Å². The molecular weight excluding hydrogens is 438 g/mol. The van der Waals surface area contributed by atoms with E-state index in [-0.39, 0.29) is 17.3 Å². The van der Waals surface area contributed by atoms with Crippen molar-refractivity contribution in [1.29, 1.82) is 0 Å². The molecule has 1 amide bonds. The lowest BCUT2D eigenvalue weighted by molar-refractivity contribution is -0.113. The highest BCUT2D eigenvalue weighted by atomic mass is 35.5. The molecule has 8 heteroatoms. The molecule has 1 aliphatic carbocycles. The second kappa shape index (κ2) is 9.37. The molecule has 30 heavy (non-hydrogen) atoms. The van der Waals surface area contributed by atoms with Crippen LogP contribution in [0.5, 0.6) is 0 Å². The van der Waals surface area contributed by atoms with Gasteiger partial charge in [-0.25, -0.2) is 4.79 Å². The third-order valence-corrected chi connectivity index (χ3v) is 7.51. The van der Waals surface area contributed by atoms with E-state index in [0.717, 1.165) is 47.4 Å². The topological polar surface area (TPSA) is 64.0 Å². The van der Waals surface area contributed by atoms with E-state index in [0.29, 0.717) is 22.3 Å². The minimum atomic E-state index is -0.238. The highest BCUT2D eigenvalue weighted by molar-refractivity contribution is 8.00. The molecule has 1 N–H and O–H groups in total. The smallest absolute Gasteiger partial charge is 0.325 e. The summed E-state index contributed by atoms with van der Waals surface area (Å²) in [6, 6.07) is 9.47. The van der Waals surface area contributed by atoms with Crippen molar-refractivity contribution in [3.8, 4) is 0 Å². The number of thioether (sulfide) groups is 1. The molecule has 3 aromatic rings. The van der Waals surface area contributed by atoms with Crippen molar-refractivity contribution >= 4 is 46.3 Å². The van der Waals surface area contributed by atoms with Gasteiger partial charge in [-0.05, 0) is 61.7 Å². The molecule has 156 valence electrons. The standard InChI is InChI=1S/C22H22ClN3O2S2/c1-14-17(23)8-4-9-18(14)24-20(27)13-30-21-16-7-2-3-10-19(16)26(22(28)25-21)12-15-6-5-11-29-15/h4-6,8-9,11H,2-3,7,10,12-13H2,1H3,(H,24,27). The van der Waals surface area contributed by atoms with E-state index in [1.54, 1.807) is 22.0 Å². The van der Waals surface area contributed by atoms with Crippen molar-refractivity contribution in [2.45, 2.75) is 44.2 Å². The largest absolute Gasteiger partial charge is 0.349 e. The molecular formula is C22H22ClN3O2S2. The fourth-order valence-electron chi connectivity index (χ4n) is 3.65. The number of benzene rings is 1. The van der Waals surface area contributed by atoms with Gasteiger partial charge in [0.1, 0.15) is 5.03 Å². The van der Waals surface area contributed by atoms with Gasteiger partial charge in [-0.15, -0.1) is 11.3 Å². The van der Waals surface area contributed by atoms with Crippen LogP contribution in [0.2, 0.25) is 5.02 Å². The molecule has 0 saturated heterocycles. The van der Waals surface area contributed by atoms with Gasteiger partial charge in [0.15, 0.2) is 0 Å². The number of thiophene rings is 1. The molecule has 2 heterocycles. The van der Waals surface area contributed by atoms with Crippen molar-refractivity contribution in [2.75, 3.05) is 11.1 Å². The van der Waals surface area contributed by atoms with Gasteiger partial charge in [-0.1, -0.05) is 35.5 Å². The molecule has 0 fully saturated rings. The predicted molar refractivity (Wildman–Crippen MR) is 124 cm³/mol. The summed E-state index contributed by atoms with van der Waals surface area (Å²) in [5.74, 6) is 0.0549. The summed E-state index contributed by atoms with van der Waals surface area (Å²) < 4.78 is 1.81. The second-order valence-electron chi connectivity index (χ2n) is 7.25. The number of carbonyl (C=O) groups excluding carboxylic acids is 1. The van der Waals surface area contributed by atoms with E-state index < -0.39 is 0 Å². The lowest BCUT2D eigenvalue weighted by atomic mass is 9.97. The summed E-state index contributed by atoms with van der Waals surface area (Å²) in [7, 11) is 0. The molecule has 0 spiro atoms. The number of hydrogen-bond acceptors (Lipinski definition) is 5. The zero-order valence-corrected chi connectivity index (χ0v) is 19.0. The zero-order valence-electron chi connectivity index (χ0n) is 16.6. The predicted octanol–water partition coefficient (Wildman–Crippen LogP) is 4.92.